The zero-order chi connectivity index (χ0) is 21.8. The number of rotatable bonds is 3. The molecule has 5 aromatic carbocycles. The molecule has 2 heterocycles. The molecule has 33 heavy (non-hydrogen) atoms. The van der Waals surface area contributed by atoms with E-state index in [1.165, 1.54) is 20.2 Å². The standard InChI is InChI=1S/C30H19NOS/c1-2-9-20(10-3-1)31(21-17-18-29-25(19-21)23-12-5-7-16-28(23)33-29)26-14-8-13-24-22-11-4-6-15-27(22)32-30(24)26/h1-19H. The van der Waals surface area contributed by atoms with E-state index in [9.17, 15) is 0 Å². The van der Waals surface area contributed by atoms with Crippen LogP contribution in [0.15, 0.2) is 120 Å². The molecule has 0 atom stereocenters. The molecule has 0 radical (unpaired) electrons. The van der Waals surface area contributed by atoms with E-state index in [1.54, 1.807) is 0 Å². The molecule has 0 amide bonds. The van der Waals surface area contributed by atoms with Crippen LogP contribution >= 0.6 is 11.3 Å². The lowest BCUT2D eigenvalue weighted by molar-refractivity contribution is 0.669. The first-order chi connectivity index (χ1) is 16.4. The lowest BCUT2D eigenvalue weighted by atomic mass is 10.1. The molecule has 0 aliphatic rings. The zero-order valence-electron chi connectivity index (χ0n) is 17.7. The van der Waals surface area contributed by atoms with E-state index in [4.69, 9.17) is 4.42 Å². The van der Waals surface area contributed by atoms with Crippen LogP contribution in [0.3, 0.4) is 0 Å². The van der Waals surface area contributed by atoms with Crippen molar-refractivity contribution in [2.24, 2.45) is 0 Å². The van der Waals surface area contributed by atoms with Crippen molar-refractivity contribution < 1.29 is 4.42 Å². The van der Waals surface area contributed by atoms with Gasteiger partial charge in [-0.3, -0.25) is 0 Å². The Morgan fingerprint density at radius 2 is 1.24 bits per heavy atom. The molecule has 2 nitrogen and oxygen atoms in total. The van der Waals surface area contributed by atoms with Crippen LogP contribution in [0.4, 0.5) is 17.1 Å². The lowest BCUT2D eigenvalue weighted by Gasteiger charge is -2.25. The summed E-state index contributed by atoms with van der Waals surface area (Å²) in [5.41, 5.74) is 5.06. The van der Waals surface area contributed by atoms with E-state index in [0.29, 0.717) is 0 Å². The number of hydrogen-bond acceptors (Lipinski definition) is 3. The number of anilines is 3. The molecule has 0 N–H and O–H groups in total. The van der Waals surface area contributed by atoms with Crippen LogP contribution in [0, 0.1) is 0 Å². The van der Waals surface area contributed by atoms with Gasteiger partial charge in [0.2, 0.25) is 0 Å². The predicted molar refractivity (Wildman–Crippen MR) is 141 cm³/mol. The molecule has 7 rings (SSSR count). The maximum Gasteiger partial charge on any atom is 0.159 e. The number of hydrogen-bond donors (Lipinski definition) is 0. The summed E-state index contributed by atoms with van der Waals surface area (Å²) in [6.07, 6.45) is 0. The monoisotopic (exact) mass is 441 g/mol. The van der Waals surface area contributed by atoms with Crippen molar-refractivity contribution in [3.63, 3.8) is 0 Å². The Labute approximate surface area is 194 Å². The summed E-state index contributed by atoms with van der Waals surface area (Å²) in [5, 5.41) is 4.85. The SMILES string of the molecule is c1ccc(N(c2ccc3sc4ccccc4c3c2)c2cccc3c2oc2ccccc23)cc1. The van der Waals surface area contributed by atoms with Gasteiger partial charge in [0.25, 0.3) is 0 Å². The van der Waals surface area contributed by atoms with E-state index in [-0.39, 0.29) is 0 Å². The molecule has 0 unspecified atom stereocenters. The molecular formula is C30H19NOS. The summed E-state index contributed by atoms with van der Waals surface area (Å²) in [5.74, 6) is 0. The van der Waals surface area contributed by atoms with Crippen LogP contribution in [-0.4, -0.2) is 0 Å². The summed E-state index contributed by atoms with van der Waals surface area (Å²) in [7, 11) is 0. The molecule has 0 fully saturated rings. The molecule has 0 aliphatic carbocycles. The van der Waals surface area contributed by atoms with Crippen molar-refractivity contribution in [2.75, 3.05) is 4.90 Å². The molecule has 0 saturated heterocycles. The molecule has 7 aromatic rings. The fourth-order valence-electron chi connectivity index (χ4n) is 4.77. The van der Waals surface area contributed by atoms with Gasteiger partial charge in [0, 0.05) is 42.3 Å². The maximum absolute atomic E-state index is 6.41. The van der Waals surface area contributed by atoms with Gasteiger partial charge in [-0.2, -0.15) is 0 Å². The molecule has 0 bridgehead atoms. The van der Waals surface area contributed by atoms with Crippen molar-refractivity contribution in [1.29, 1.82) is 0 Å². The number of para-hydroxylation sites is 3. The van der Waals surface area contributed by atoms with Crippen LogP contribution in [0.25, 0.3) is 42.1 Å². The van der Waals surface area contributed by atoms with Gasteiger partial charge in [-0.15, -0.1) is 11.3 Å². The lowest BCUT2D eigenvalue weighted by Crippen LogP contribution is -2.09. The molecular weight excluding hydrogens is 422 g/mol. The fourth-order valence-corrected chi connectivity index (χ4v) is 5.85. The topological polar surface area (TPSA) is 16.4 Å². The van der Waals surface area contributed by atoms with Gasteiger partial charge < -0.3 is 9.32 Å². The Hall–Kier alpha value is -4.08. The van der Waals surface area contributed by atoms with Gasteiger partial charge in [-0.05, 0) is 48.5 Å². The van der Waals surface area contributed by atoms with E-state index < -0.39 is 0 Å². The van der Waals surface area contributed by atoms with Gasteiger partial charge in [0.1, 0.15) is 5.58 Å². The molecule has 0 aliphatic heterocycles. The smallest absolute Gasteiger partial charge is 0.159 e. The highest BCUT2D eigenvalue weighted by Gasteiger charge is 2.19. The summed E-state index contributed by atoms with van der Waals surface area (Å²) in [4.78, 5) is 2.30. The first kappa shape index (κ1) is 18.5. The second kappa shape index (κ2) is 7.22. The number of thiophene rings is 1. The van der Waals surface area contributed by atoms with Gasteiger partial charge in [0.15, 0.2) is 5.58 Å². The highest BCUT2D eigenvalue weighted by Crippen LogP contribution is 2.44. The first-order valence-electron chi connectivity index (χ1n) is 11.0. The van der Waals surface area contributed by atoms with Crippen molar-refractivity contribution in [1.82, 2.24) is 0 Å². The van der Waals surface area contributed by atoms with Crippen LogP contribution in [0.5, 0.6) is 0 Å². The quantitative estimate of drug-likeness (QED) is 0.271. The minimum Gasteiger partial charge on any atom is -0.454 e. The minimum atomic E-state index is 0.901. The molecule has 3 heteroatoms. The Morgan fingerprint density at radius 3 is 2.15 bits per heavy atom. The average Bonchev–Trinajstić information content (AvgIpc) is 3.44. The number of benzene rings is 5. The van der Waals surface area contributed by atoms with Crippen molar-refractivity contribution in [3.05, 3.63) is 115 Å². The van der Waals surface area contributed by atoms with E-state index in [0.717, 1.165) is 39.0 Å². The second-order valence-corrected chi connectivity index (χ2v) is 9.29. The molecule has 0 spiro atoms. The van der Waals surface area contributed by atoms with Gasteiger partial charge >= 0.3 is 0 Å². The predicted octanol–water partition coefficient (Wildman–Crippen LogP) is 9.42. The third kappa shape index (κ3) is 2.86. The Bertz CT molecular complexity index is 1780. The van der Waals surface area contributed by atoms with Crippen molar-refractivity contribution in [2.45, 2.75) is 0 Å². The Kier molecular flexibility index (Phi) is 4.05. The highest BCUT2D eigenvalue weighted by atomic mass is 32.1. The van der Waals surface area contributed by atoms with Gasteiger partial charge in [-0.25, -0.2) is 0 Å². The zero-order valence-corrected chi connectivity index (χ0v) is 18.5. The summed E-state index contributed by atoms with van der Waals surface area (Å²) in [6, 6.07) is 40.6. The average molecular weight is 442 g/mol. The molecule has 0 saturated carbocycles. The maximum atomic E-state index is 6.41. The third-order valence-corrected chi connectivity index (χ3v) is 7.41. The second-order valence-electron chi connectivity index (χ2n) is 8.20. The Morgan fingerprint density at radius 1 is 0.515 bits per heavy atom. The van der Waals surface area contributed by atoms with Crippen LogP contribution in [0.1, 0.15) is 0 Å². The van der Waals surface area contributed by atoms with Crippen molar-refractivity contribution in [3.8, 4) is 0 Å². The van der Waals surface area contributed by atoms with Crippen LogP contribution < -0.4 is 4.90 Å². The van der Waals surface area contributed by atoms with Gasteiger partial charge in [0.05, 0.1) is 5.69 Å². The number of furan rings is 1. The first-order valence-corrected chi connectivity index (χ1v) is 11.9. The van der Waals surface area contributed by atoms with Crippen LogP contribution in [0.2, 0.25) is 0 Å². The van der Waals surface area contributed by atoms with Crippen LogP contribution in [-0.2, 0) is 0 Å². The largest absolute Gasteiger partial charge is 0.454 e. The summed E-state index contributed by atoms with van der Waals surface area (Å²) >= 11 is 1.84. The normalized spacial score (nSPS) is 11.6. The van der Waals surface area contributed by atoms with Gasteiger partial charge in [-0.1, -0.05) is 66.7 Å². The molecule has 2 aromatic heterocycles. The van der Waals surface area contributed by atoms with Crippen molar-refractivity contribution >= 4 is 70.5 Å². The number of fused-ring (bicyclic) bond motifs is 6. The molecule has 156 valence electrons. The fraction of sp³-hybridized carbons (Fsp3) is 0. The Balaban J connectivity index is 1.53. The number of nitrogens with zero attached hydrogens (tertiary/aromatic N) is 1. The minimum absolute atomic E-state index is 0.901. The third-order valence-electron chi connectivity index (χ3n) is 6.26. The van der Waals surface area contributed by atoms with E-state index in [1.807, 2.05) is 23.5 Å². The van der Waals surface area contributed by atoms with E-state index >= 15 is 0 Å². The van der Waals surface area contributed by atoms with E-state index in [2.05, 4.69) is 108 Å². The highest BCUT2D eigenvalue weighted by molar-refractivity contribution is 7.25. The summed E-state index contributed by atoms with van der Waals surface area (Å²) < 4.78 is 9.03. The summed E-state index contributed by atoms with van der Waals surface area (Å²) in [6.45, 7) is 0.